The van der Waals surface area contributed by atoms with Gasteiger partial charge in [0, 0.05) is 17.6 Å². The van der Waals surface area contributed by atoms with Crippen molar-refractivity contribution in [3.63, 3.8) is 0 Å². The molecule has 1 aromatic heterocycles. The molecular weight excluding hydrogens is 184 g/mol. The highest BCUT2D eigenvalue weighted by molar-refractivity contribution is 7.09. The van der Waals surface area contributed by atoms with Gasteiger partial charge in [-0.25, -0.2) is 0 Å². The summed E-state index contributed by atoms with van der Waals surface area (Å²) in [6.45, 7) is 4.34. The number of hydrogen-bond acceptors (Lipinski definition) is 5. The predicted octanol–water partition coefficient (Wildman–Crippen LogP) is 2.11. The van der Waals surface area contributed by atoms with Crippen LogP contribution in [0.5, 0.6) is 0 Å². The molecule has 0 spiro atoms. The molecule has 1 atom stereocenters. The van der Waals surface area contributed by atoms with Gasteiger partial charge in [0.2, 0.25) is 11.1 Å². The van der Waals surface area contributed by atoms with Gasteiger partial charge in [-0.2, -0.15) is 9.36 Å². The highest BCUT2D eigenvalue weighted by atomic mass is 32.1. The Morgan fingerprint density at radius 1 is 1.54 bits per heavy atom. The molecule has 1 aromatic rings. The van der Waals surface area contributed by atoms with Crippen LogP contribution in [0.2, 0.25) is 0 Å². The van der Waals surface area contributed by atoms with Gasteiger partial charge in [0.1, 0.15) is 0 Å². The summed E-state index contributed by atoms with van der Waals surface area (Å²) in [4.78, 5) is 4.05. The third-order valence-electron chi connectivity index (χ3n) is 1.90. The van der Waals surface area contributed by atoms with Gasteiger partial charge in [0.25, 0.3) is 0 Å². The quantitative estimate of drug-likeness (QED) is 0.764. The first-order valence-electron chi connectivity index (χ1n) is 4.62. The Morgan fingerprint density at radius 3 is 2.77 bits per heavy atom. The first kappa shape index (κ1) is 10.2. The summed E-state index contributed by atoms with van der Waals surface area (Å²) in [7, 11) is 0. The van der Waals surface area contributed by atoms with E-state index < -0.39 is 0 Å². The molecule has 4 nitrogen and oxygen atoms in total. The van der Waals surface area contributed by atoms with E-state index in [1.807, 2.05) is 0 Å². The molecule has 0 amide bonds. The van der Waals surface area contributed by atoms with Crippen LogP contribution in [0.1, 0.15) is 33.1 Å². The van der Waals surface area contributed by atoms with Crippen molar-refractivity contribution < 1.29 is 0 Å². The number of nitrogens with zero attached hydrogens (tertiary/aromatic N) is 2. The summed E-state index contributed by atoms with van der Waals surface area (Å²) >= 11 is 1.32. The van der Waals surface area contributed by atoms with Crippen LogP contribution in [-0.4, -0.2) is 15.4 Å². The minimum Gasteiger partial charge on any atom is -0.367 e. The lowest BCUT2D eigenvalue weighted by Gasteiger charge is -2.13. The summed E-state index contributed by atoms with van der Waals surface area (Å²) < 4.78 is 3.91. The zero-order valence-electron chi connectivity index (χ0n) is 8.08. The fourth-order valence-corrected chi connectivity index (χ4v) is 1.77. The molecular formula is C8H16N4S. The molecule has 0 saturated heterocycles. The number of nitrogen functional groups attached to an aromatic ring is 1. The number of nitrogens with one attached hydrogen (secondary N) is 1. The zero-order valence-corrected chi connectivity index (χ0v) is 8.90. The largest absolute Gasteiger partial charge is 0.367 e. The summed E-state index contributed by atoms with van der Waals surface area (Å²) in [5.41, 5.74) is 5.42. The fraction of sp³-hybridized carbons (Fsp3) is 0.750. The van der Waals surface area contributed by atoms with Gasteiger partial charge in [-0.05, 0) is 12.8 Å². The van der Waals surface area contributed by atoms with Crippen molar-refractivity contribution in [3.8, 4) is 0 Å². The maximum Gasteiger partial charge on any atom is 0.233 e. The number of rotatable bonds is 5. The Bertz CT molecular complexity index is 248. The van der Waals surface area contributed by atoms with Gasteiger partial charge in [-0.1, -0.05) is 20.3 Å². The van der Waals surface area contributed by atoms with Gasteiger partial charge < -0.3 is 11.1 Å². The summed E-state index contributed by atoms with van der Waals surface area (Å²) in [5, 5.41) is 4.15. The van der Waals surface area contributed by atoms with E-state index >= 15 is 0 Å². The van der Waals surface area contributed by atoms with Crippen molar-refractivity contribution in [2.75, 3.05) is 11.1 Å². The highest BCUT2D eigenvalue weighted by Crippen LogP contribution is 2.15. The molecule has 1 rings (SSSR count). The fourth-order valence-electron chi connectivity index (χ4n) is 1.19. The number of hydrogen-bond donors (Lipinski definition) is 2. The van der Waals surface area contributed by atoms with Gasteiger partial charge in [-0.3, -0.25) is 0 Å². The van der Waals surface area contributed by atoms with Crippen LogP contribution in [0.15, 0.2) is 0 Å². The maximum atomic E-state index is 5.42. The number of aromatic nitrogens is 2. The molecule has 1 unspecified atom stereocenters. The van der Waals surface area contributed by atoms with Crippen molar-refractivity contribution in [1.29, 1.82) is 0 Å². The van der Waals surface area contributed by atoms with E-state index in [1.165, 1.54) is 18.0 Å². The van der Waals surface area contributed by atoms with Crippen LogP contribution in [-0.2, 0) is 0 Å². The summed E-state index contributed by atoms with van der Waals surface area (Å²) in [6, 6.07) is 0.498. The molecule has 3 N–H and O–H groups in total. The first-order chi connectivity index (χ1) is 6.26. The second-order valence-electron chi connectivity index (χ2n) is 3.00. The van der Waals surface area contributed by atoms with Crippen molar-refractivity contribution in [3.05, 3.63) is 0 Å². The van der Waals surface area contributed by atoms with E-state index in [9.17, 15) is 0 Å². The average Bonchev–Trinajstić information content (AvgIpc) is 2.50. The van der Waals surface area contributed by atoms with E-state index in [1.54, 1.807) is 0 Å². The van der Waals surface area contributed by atoms with Gasteiger partial charge >= 0.3 is 0 Å². The van der Waals surface area contributed by atoms with Crippen LogP contribution in [0.25, 0.3) is 0 Å². The topological polar surface area (TPSA) is 63.8 Å². The molecule has 0 aromatic carbocycles. The van der Waals surface area contributed by atoms with Crippen LogP contribution < -0.4 is 11.1 Å². The molecule has 1 heterocycles. The SMILES string of the molecule is CCCC(CC)Nc1nc(N)ns1. The van der Waals surface area contributed by atoms with Gasteiger partial charge in [-0.15, -0.1) is 0 Å². The lowest BCUT2D eigenvalue weighted by Crippen LogP contribution is -2.17. The zero-order chi connectivity index (χ0) is 9.68. The second-order valence-corrected chi connectivity index (χ2v) is 3.75. The van der Waals surface area contributed by atoms with E-state index in [-0.39, 0.29) is 0 Å². The second kappa shape index (κ2) is 5.01. The van der Waals surface area contributed by atoms with Crippen LogP contribution in [0.3, 0.4) is 0 Å². The van der Waals surface area contributed by atoms with E-state index in [0.717, 1.165) is 18.0 Å². The van der Waals surface area contributed by atoms with Crippen LogP contribution >= 0.6 is 11.5 Å². The molecule has 0 aliphatic heterocycles. The molecule has 0 bridgehead atoms. The Balaban J connectivity index is 2.46. The number of anilines is 2. The van der Waals surface area contributed by atoms with E-state index in [0.29, 0.717) is 12.0 Å². The third kappa shape index (κ3) is 3.18. The molecule has 0 aliphatic rings. The first-order valence-corrected chi connectivity index (χ1v) is 5.39. The smallest absolute Gasteiger partial charge is 0.233 e. The molecule has 0 aliphatic carbocycles. The molecule has 0 fully saturated rings. The Morgan fingerprint density at radius 2 is 2.31 bits per heavy atom. The normalized spacial score (nSPS) is 12.8. The van der Waals surface area contributed by atoms with Crippen LogP contribution in [0, 0.1) is 0 Å². The standard InChI is InChI=1S/C8H16N4S/c1-3-5-6(4-2)10-8-11-7(9)12-13-8/h6H,3-5H2,1-2H3,(H3,9,10,11,12). The van der Waals surface area contributed by atoms with Gasteiger partial charge in [0.05, 0.1) is 0 Å². The van der Waals surface area contributed by atoms with Crippen molar-refractivity contribution in [2.24, 2.45) is 0 Å². The Kier molecular flexibility index (Phi) is 3.95. The third-order valence-corrected chi connectivity index (χ3v) is 2.56. The molecule has 0 saturated carbocycles. The molecule has 5 heteroatoms. The maximum absolute atomic E-state index is 5.42. The Labute approximate surface area is 82.7 Å². The predicted molar refractivity (Wildman–Crippen MR) is 56.9 cm³/mol. The summed E-state index contributed by atoms with van der Waals surface area (Å²) in [5.74, 6) is 0.360. The monoisotopic (exact) mass is 200 g/mol. The lowest BCUT2D eigenvalue weighted by atomic mass is 10.1. The summed E-state index contributed by atoms with van der Waals surface area (Å²) in [6.07, 6.45) is 3.45. The Hall–Kier alpha value is -0.840. The molecule has 13 heavy (non-hydrogen) atoms. The molecule has 74 valence electrons. The van der Waals surface area contributed by atoms with Crippen molar-refractivity contribution in [1.82, 2.24) is 9.36 Å². The average molecular weight is 200 g/mol. The minimum atomic E-state index is 0.360. The van der Waals surface area contributed by atoms with Crippen LogP contribution in [0.4, 0.5) is 11.1 Å². The van der Waals surface area contributed by atoms with E-state index in [2.05, 4.69) is 28.5 Å². The van der Waals surface area contributed by atoms with Crippen molar-refractivity contribution in [2.45, 2.75) is 39.2 Å². The minimum absolute atomic E-state index is 0.360. The van der Waals surface area contributed by atoms with Crippen molar-refractivity contribution >= 4 is 22.6 Å². The lowest BCUT2D eigenvalue weighted by molar-refractivity contribution is 0.622. The van der Waals surface area contributed by atoms with E-state index in [4.69, 9.17) is 5.73 Å². The molecule has 0 radical (unpaired) electrons. The van der Waals surface area contributed by atoms with Gasteiger partial charge in [0.15, 0.2) is 0 Å². The number of nitrogens with two attached hydrogens (primary N) is 1. The highest BCUT2D eigenvalue weighted by Gasteiger charge is 2.07.